The number of thioether (sulfide) groups is 1. The molecule has 1 aliphatic rings. The van der Waals surface area contributed by atoms with E-state index in [0.29, 0.717) is 11.6 Å². The molecule has 1 aromatic carbocycles. The predicted molar refractivity (Wildman–Crippen MR) is 101 cm³/mol. The molecule has 0 saturated heterocycles. The van der Waals surface area contributed by atoms with Gasteiger partial charge < -0.3 is 15.0 Å². The van der Waals surface area contributed by atoms with Gasteiger partial charge in [0, 0.05) is 23.7 Å². The summed E-state index contributed by atoms with van der Waals surface area (Å²) in [5.41, 5.74) is 2.28. The van der Waals surface area contributed by atoms with Gasteiger partial charge in [-0.1, -0.05) is 23.7 Å². The van der Waals surface area contributed by atoms with Crippen LogP contribution in [-0.4, -0.2) is 26.4 Å². The number of rotatable bonds is 4. The van der Waals surface area contributed by atoms with Crippen LogP contribution in [0.1, 0.15) is 12.1 Å². The van der Waals surface area contributed by atoms with E-state index >= 15 is 0 Å². The minimum absolute atomic E-state index is 0.115. The van der Waals surface area contributed by atoms with Crippen molar-refractivity contribution in [2.75, 3.05) is 5.32 Å². The van der Waals surface area contributed by atoms with E-state index in [1.807, 2.05) is 40.9 Å². The summed E-state index contributed by atoms with van der Waals surface area (Å²) >= 11 is 7.37. The summed E-state index contributed by atoms with van der Waals surface area (Å²) in [6, 6.07) is 11.2. The standard InChI is InChI=1S/C18H15ClN4O2S/c19-11-5-6-16-21-12(10-23(16)9-11)8-20-17(24)7-15-18(25)22-13-3-1-2-4-14(13)26-15/h1-6,9-10,15H,7-8H2,(H,20,24)(H,22,25). The van der Waals surface area contributed by atoms with E-state index in [9.17, 15) is 9.59 Å². The van der Waals surface area contributed by atoms with Crippen molar-refractivity contribution in [3.63, 3.8) is 0 Å². The third kappa shape index (κ3) is 3.54. The van der Waals surface area contributed by atoms with E-state index in [0.717, 1.165) is 21.9 Å². The number of fused-ring (bicyclic) bond motifs is 2. The Morgan fingerprint density at radius 3 is 3.00 bits per heavy atom. The summed E-state index contributed by atoms with van der Waals surface area (Å²) in [5, 5.41) is 5.85. The highest BCUT2D eigenvalue weighted by Gasteiger charge is 2.28. The second kappa shape index (κ2) is 7.01. The molecule has 0 fully saturated rings. The highest BCUT2D eigenvalue weighted by atomic mass is 35.5. The Kier molecular flexibility index (Phi) is 4.57. The second-order valence-electron chi connectivity index (χ2n) is 5.92. The van der Waals surface area contributed by atoms with Gasteiger partial charge in [0.15, 0.2) is 0 Å². The molecule has 0 saturated carbocycles. The van der Waals surface area contributed by atoms with Crippen molar-refractivity contribution in [2.45, 2.75) is 23.1 Å². The molecule has 0 radical (unpaired) electrons. The molecule has 3 heterocycles. The first-order chi connectivity index (χ1) is 12.6. The van der Waals surface area contributed by atoms with Gasteiger partial charge in [0.2, 0.25) is 11.8 Å². The fraction of sp³-hybridized carbons (Fsp3) is 0.167. The van der Waals surface area contributed by atoms with Gasteiger partial charge >= 0.3 is 0 Å². The number of pyridine rings is 1. The van der Waals surface area contributed by atoms with Crippen molar-refractivity contribution < 1.29 is 9.59 Å². The van der Waals surface area contributed by atoms with Crippen molar-refractivity contribution in [2.24, 2.45) is 0 Å². The molecule has 2 aromatic heterocycles. The average Bonchev–Trinajstić information content (AvgIpc) is 3.02. The van der Waals surface area contributed by atoms with Gasteiger partial charge in [-0.15, -0.1) is 11.8 Å². The van der Waals surface area contributed by atoms with Crippen molar-refractivity contribution in [1.82, 2.24) is 14.7 Å². The Balaban J connectivity index is 1.37. The van der Waals surface area contributed by atoms with E-state index < -0.39 is 5.25 Å². The first-order valence-corrected chi connectivity index (χ1v) is 9.30. The van der Waals surface area contributed by atoms with Crippen LogP contribution in [0.4, 0.5) is 5.69 Å². The molecule has 0 bridgehead atoms. The number of hydrogen-bond acceptors (Lipinski definition) is 4. The summed E-state index contributed by atoms with van der Waals surface area (Å²) in [6.07, 6.45) is 3.69. The van der Waals surface area contributed by atoms with E-state index in [4.69, 9.17) is 11.6 Å². The lowest BCUT2D eigenvalue weighted by molar-refractivity contribution is -0.124. The number of carbonyl (C=O) groups excluding carboxylic acids is 2. The monoisotopic (exact) mass is 386 g/mol. The van der Waals surface area contributed by atoms with Crippen molar-refractivity contribution in [1.29, 1.82) is 0 Å². The molecule has 0 aliphatic carbocycles. The molecule has 8 heteroatoms. The van der Waals surface area contributed by atoms with Gasteiger partial charge in [0.25, 0.3) is 0 Å². The fourth-order valence-corrected chi connectivity index (χ4v) is 4.04. The smallest absolute Gasteiger partial charge is 0.238 e. The number of nitrogens with one attached hydrogen (secondary N) is 2. The third-order valence-corrected chi connectivity index (χ3v) is 5.51. The molecular formula is C18H15ClN4O2S. The number of aromatic nitrogens is 2. The maximum Gasteiger partial charge on any atom is 0.238 e. The van der Waals surface area contributed by atoms with Crippen LogP contribution < -0.4 is 10.6 Å². The van der Waals surface area contributed by atoms with Gasteiger partial charge in [-0.25, -0.2) is 4.98 Å². The zero-order valence-electron chi connectivity index (χ0n) is 13.6. The fourth-order valence-electron chi connectivity index (χ4n) is 2.76. The van der Waals surface area contributed by atoms with Crippen molar-refractivity contribution in [3.8, 4) is 0 Å². The molecule has 2 amide bonds. The SMILES string of the molecule is O=C(CC1Sc2ccccc2NC1=O)NCc1cn2cc(Cl)ccc2n1. The summed E-state index contributed by atoms with van der Waals surface area (Å²) in [4.78, 5) is 29.8. The molecule has 1 aliphatic heterocycles. The van der Waals surface area contributed by atoms with Gasteiger partial charge in [-0.2, -0.15) is 0 Å². The Bertz CT molecular complexity index is 1000. The van der Waals surface area contributed by atoms with Crippen LogP contribution in [0.15, 0.2) is 53.7 Å². The summed E-state index contributed by atoms with van der Waals surface area (Å²) < 4.78 is 1.81. The number of halogens is 1. The largest absolute Gasteiger partial charge is 0.350 e. The number of imidazole rings is 1. The Morgan fingerprint density at radius 1 is 1.27 bits per heavy atom. The average molecular weight is 387 g/mol. The van der Waals surface area contributed by atoms with Gasteiger partial charge in [-0.05, 0) is 24.3 Å². The summed E-state index contributed by atoms with van der Waals surface area (Å²) in [6.45, 7) is 0.299. The lowest BCUT2D eigenvalue weighted by Crippen LogP contribution is -2.34. The van der Waals surface area contributed by atoms with Gasteiger partial charge in [-0.3, -0.25) is 9.59 Å². The maximum absolute atomic E-state index is 12.3. The van der Waals surface area contributed by atoms with Crippen LogP contribution in [0.25, 0.3) is 5.65 Å². The topological polar surface area (TPSA) is 75.5 Å². The van der Waals surface area contributed by atoms with Crippen LogP contribution in [-0.2, 0) is 16.1 Å². The predicted octanol–water partition coefficient (Wildman–Crippen LogP) is 3.11. The number of para-hydroxylation sites is 1. The van der Waals surface area contributed by atoms with Gasteiger partial charge in [0.05, 0.1) is 28.2 Å². The van der Waals surface area contributed by atoms with Crippen LogP contribution in [0.5, 0.6) is 0 Å². The highest BCUT2D eigenvalue weighted by Crippen LogP contribution is 2.36. The molecular weight excluding hydrogens is 372 g/mol. The van der Waals surface area contributed by atoms with Crippen molar-refractivity contribution in [3.05, 3.63) is 59.5 Å². The van der Waals surface area contributed by atoms with E-state index in [1.165, 1.54) is 11.8 Å². The lowest BCUT2D eigenvalue weighted by Gasteiger charge is -2.23. The molecule has 3 aromatic rings. The summed E-state index contributed by atoms with van der Waals surface area (Å²) in [7, 11) is 0. The Morgan fingerprint density at radius 2 is 2.12 bits per heavy atom. The zero-order valence-corrected chi connectivity index (χ0v) is 15.2. The molecule has 0 spiro atoms. The number of nitrogens with zero attached hydrogens (tertiary/aromatic N) is 2. The van der Waals surface area contributed by atoms with Crippen LogP contribution in [0, 0.1) is 0 Å². The number of anilines is 1. The Hall–Kier alpha value is -2.51. The molecule has 4 rings (SSSR count). The number of hydrogen-bond donors (Lipinski definition) is 2. The molecule has 1 atom stereocenters. The highest BCUT2D eigenvalue weighted by molar-refractivity contribution is 8.01. The molecule has 132 valence electrons. The molecule has 26 heavy (non-hydrogen) atoms. The quantitative estimate of drug-likeness (QED) is 0.722. The third-order valence-electron chi connectivity index (χ3n) is 4.01. The first kappa shape index (κ1) is 16.9. The minimum atomic E-state index is -0.440. The molecule has 2 N–H and O–H groups in total. The van der Waals surface area contributed by atoms with E-state index in [2.05, 4.69) is 15.6 Å². The van der Waals surface area contributed by atoms with E-state index in [-0.39, 0.29) is 18.2 Å². The minimum Gasteiger partial charge on any atom is -0.350 e. The normalized spacial score (nSPS) is 16.2. The van der Waals surface area contributed by atoms with Crippen molar-refractivity contribution >= 4 is 46.5 Å². The Labute approximate surface area is 158 Å². The maximum atomic E-state index is 12.3. The van der Waals surface area contributed by atoms with Crippen LogP contribution in [0.2, 0.25) is 5.02 Å². The van der Waals surface area contributed by atoms with Crippen LogP contribution >= 0.6 is 23.4 Å². The second-order valence-corrected chi connectivity index (χ2v) is 7.60. The molecule has 1 unspecified atom stereocenters. The lowest BCUT2D eigenvalue weighted by atomic mass is 10.2. The van der Waals surface area contributed by atoms with Gasteiger partial charge in [0.1, 0.15) is 5.65 Å². The van der Waals surface area contributed by atoms with E-state index in [1.54, 1.807) is 12.3 Å². The first-order valence-electron chi connectivity index (χ1n) is 8.05. The van der Waals surface area contributed by atoms with Crippen LogP contribution in [0.3, 0.4) is 0 Å². The number of amides is 2. The zero-order chi connectivity index (χ0) is 18.1. The number of benzene rings is 1. The molecule has 6 nitrogen and oxygen atoms in total. The summed E-state index contributed by atoms with van der Waals surface area (Å²) in [5.74, 6) is -0.335. The number of carbonyl (C=O) groups is 2.